The number of carbonyl (C=O) groups is 1. The maximum Gasteiger partial charge on any atom is 0.255 e. The lowest BCUT2D eigenvalue weighted by molar-refractivity contribution is 0.102. The summed E-state index contributed by atoms with van der Waals surface area (Å²) in [5.74, 6) is 0.750. The van der Waals surface area contributed by atoms with Gasteiger partial charge in [-0.3, -0.25) is 4.79 Å². The van der Waals surface area contributed by atoms with Crippen LogP contribution in [0, 0.1) is 11.3 Å². The molecule has 0 radical (unpaired) electrons. The van der Waals surface area contributed by atoms with Crippen molar-refractivity contribution in [1.29, 1.82) is 5.26 Å². The molecule has 0 spiro atoms. The van der Waals surface area contributed by atoms with Crippen LogP contribution in [0.25, 0.3) is 0 Å². The predicted molar refractivity (Wildman–Crippen MR) is 91.0 cm³/mol. The molecule has 2 aromatic rings. The van der Waals surface area contributed by atoms with E-state index in [-0.39, 0.29) is 5.91 Å². The molecule has 5 nitrogen and oxygen atoms in total. The average Bonchev–Trinajstić information content (AvgIpc) is 2.57. The first-order valence-corrected chi connectivity index (χ1v) is 7.57. The summed E-state index contributed by atoms with van der Waals surface area (Å²) in [4.78, 5) is 12.4. The molecular formula is C17H15BrN2O3. The van der Waals surface area contributed by atoms with Crippen molar-refractivity contribution in [3.05, 3.63) is 52.0 Å². The summed E-state index contributed by atoms with van der Waals surface area (Å²) in [5, 5.41) is 11.5. The Kier molecular flexibility index (Phi) is 5.61. The summed E-state index contributed by atoms with van der Waals surface area (Å²) in [6.45, 7) is 0. The molecule has 0 atom stereocenters. The predicted octanol–water partition coefficient (Wildman–Crippen LogP) is 3.78. The Bertz CT molecular complexity index is 726. The largest absolute Gasteiger partial charge is 0.495 e. The quantitative estimate of drug-likeness (QED) is 0.863. The summed E-state index contributed by atoms with van der Waals surface area (Å²) >= 11 is 3.37. The van der Waals surface area contributed by atoms with E-state index in [1.165, 1.54) is 14.2 Å². The van der Waals surface area contributed by atoms with Crippen LogP contribution in [-0.4, -0.2) is 20.1 Å². The molecule has 0 aliphatic rings. The average molecular weight is 375 g/mol. The number of anilines is 1. The van der Waals surface area contributed by atoms with Gasteiger partial charge in [0.25, 0.3) is 5.91 Å². The molecule has 6 heteroatoms. The van der Waals surface area contributed by atoms with E-state index < -0.39 is 0 Å². The second-order valence-electron chi connectivity index (χ2n) is 4.68. The molecule has 23 heavy (non-hydrogen) atoms. The number of benzene rings is 2. The van der Waals surface area contributed by atoms with E-state index in [2.05, 4.69) is 27.3 Å². The van der Waals surface area contributed by atoms with Gasteiger partial charge in [0.15, 0.2) is 0 Å². The van der Waals surface area contributed by atoms with Crippen molar-refractivity contribution in [3.8, 4) is 17.6 Å². The Morgan fingerprint density at radius 2 is 1.74 bits per heavy atom. The molecule has 2 rings (SSSR count). The zero-order chi connectivity index (χ0) is 16.8. The first kappa shape index (κ1) is 16.8. The number of nitrogens with one attached hydrogen (secondary N) is 1. The fourth-order valence-electron chi connectivity index (χ4n) is 2.00. The minimum Gasteiger partial charge on any atom is -0.495 e. The van der Waals surface area contributed by atoms with E-state index in [4.69, 9.17) is 14.7 Å². The van der Waals surface area contributed by atoms with Gasteiger partial charge in [-0.15, -0.1) is 0 Å². The molecule has 0 bridgehead atoms. The zero-order valence-corrected chi connectivity index (χ0v) is 14.3. The molecule has 0 fully saturated rings. The smallest absolute Gasteiger partial charge is 0.255 e. The number of methoxy groups -OCH3 is 2. The van der Waals surface area contributed by atoms with Crippen LogP contribution in [0.2, 0.25) is 0 Å². The summed E-state index contributed by atoms with van der Waals surface area (Å²) in [5.41, 5.74) is 1.97. The molecule has 0 aromatic heterocycles. The molecule has 1 N–H and O–H groups in total. The van der Waals surface area contributed by atoms with Crippen LogP contribution < -0.4 is 14.8 Å². The van der Waals surface area contributed by atoms with Gasteiger partial charge in [-0.2, -0.15) is 5.26 Å². The molecular weight excluding hydrogens is 360 g/mol. The van der Waals surface area contributed by atoms with E-state index in [1.54, 1.807) is 24.3 Å². The maximum atomic E-state index is 12.4. The highest BCUT2D eigenvalue weighted by Crippen LogP contribution is 2.35. The Morgan fingerprint density at radius 3 is 2.22 bits per heavy atom. The minimum atomic E-state index is -0.276. The topological polar surface area (TPSA) is 71.3 Å². The summed E-state index contributed by atoms with van der Waals surface area (Å²) in [6.07, 6.45) is 0.343. The van der Waals surface area contributed by atoms with E-state index in [0.29, 0.717) is 33.6 Å². The standard InChI is InChI=1S/C17H15BrN2O3/c1-22-14-9-12(10-15(23-2)16(14)18)17(21)20-13-5-3-11(4-6-13)7-8-19/h3-6,9-10H,7H2,1-2H3,(H,20,21). The van der Waals surface area contributed by atoms with Crippen LogP contribution in [0.1, 0.15) is 15.9 Å². The molecule has 0 aliphatic carbocycles. The summed E-state index contributed by atoms with van der Waals surface area (Å²) in [6, 6.07) is 12.5. The number of ether oxygens (including phenoxy) is 2. The third-order valence-corrected chi connectivity index (χ3v) is 3.98. The van der Waals surface area contributed by atoms with E-state index in [9.17, 15) is 4.79 Å². The van der Waals surface area contributed by atoms with Gasteiger partial charge in [0.2, 0.25) is 0 Å². The number of hydrogen-bond donors (Lipinski definition) is 1. The molecule has 0 saturated heterocycles. The highest BCUT2D eigenvalue weighted by molar-refractivity contribution is 9.10. The van der Waals surface area contributed by atoms with Gasteiger partial charge in [0.05, 0.1) is 26.7 Å². The lowest BCUT2D eigenvalue weighted by Gasteiger charge is -2.12. The number of amides is 1. The summed E-state index contributed by atoms with van der Waals surface area (Å²) < 4.78 is 11.1. The van der Waals surface area contributed by atoms with Crippen molar-refractivity contribution in [1.82, 2.24) is 0 Å². The molecule has 0 unspecified atom stereocenters. The van der Waals surface area contributed by atoms with E-state index in [1.807, 2.05) is 12.1 Å². The van der Waals surface area contributed by atoms with Gasteiger partial charge < -0.3 is 14.8 Å². The van der Waals surface area contributed by atoms with Crippen molar-refractivity contribution in [2.45, 2.75) is 6.42 Å². The second-order valence-corrected chi connectivity index (χ2v) is 5.47. The molecule has 0 aliphatic heterocycles. The lowest BCUT2D eigenvalue weighted by Crippen LogP contribution is -2.12. The van der Waals surface area contributed by atoms with Crippen LogP contribution >= 0.6 is 15.9 Å². The molecule has 1 amide bonds. The normalized spacial score (nSPS) is 9.83. The molecule has 2 aromatic carbocycles. The Labute approximate surface area is 143 Å². The number of rotatable bonds is 5. The van der Waals surface area contributed by atoms with Crippen LogP contribution in [0.4, 0.5) is 5.69 Å². The monoisotopic (exact) mass is 374 g/mol. The highest BCUT2D eigenvalue weighted by atomic mass is 79.9. The molecule has 0 saturated carbocycles. The van der Waals surface area contributed by atoms with Gasteiger partial charge in [-0.1, -0.05) is 12.1 Å². The van der Waals surface area contributed by atoms with Gasteiger partial charge in [-0.05, 0) is 45.8 Å². The van der Waals surface area contributed by atoms with E-state index >= 15 is 0 Å². The van der Waals surface area contributed by atoms with Gasteiger partial charge >= 0.3 is 0 Å². The number of nitrogens with zero attached hydrogens (tertiary/aromatic N) is 1. The molecule has 118 valence electrons. The van der Waals surface area contributed by atoms with Crippen molar-refractivity contribution in [3.63, 3.8) is 0 Å². The third-order valence-electron chi connectivity index (χ3n) is 3.20. The van der Waals surface area contributed by atoms with Crippen molar-refractivity contribution >= 4 is 27.5 Å². The highest BCUT2D eigenvalue weighted by Gasteiger charge is 2.14. The Balaban J connectivity index is 2.22. The fraction of sp³-hybridized carbons (Fsp3) is 0.176. The first-order valence-electron chi connectivity index (χ1n) is 6.77. The van der Waals surface area contributed by atoms with Crippen LogP contribution in [-0.2, 0) is 6.42 Å². The number of hydrogen-bond acceptors (Lipinski definition) is 4. The van der Waals surface area contributed by atoms with Gasteiger partial charge in [-0.25, -0.2) is 0 Å². The Morgan fingerprint density at radius 1 is 1.17 bits per heavy atom. The SMILES string of the molecule is COc1cc(C(=O)Nc2ccc(CC#N)cc2)cc(OC)c1Br. The van der Waals surface area contributed by atoms with Gasteiger partial charge in [0.1, 0.15) is 16.0 Å². The van der Waals surface area contributed by atoms with Crippen molar-refractivity contribution in [2.75, 3.05) is 19.5 Å². The maximum absolute atomic E-state index is 12.4. The first-order chi connectivity index (χ1) is 11.1. The van der Waals surface area contributed by atoms with Gasteiger partial charge in [0, 0.05) is 11.3 Å². The van der Waals surface area contributed by atoms with Crippen LogP contribution in [0.5, 0.6) is 11.5 Å². The van der Waals surface area contributed by atoms with Crippen LogP contribution in [0.3, 0.4) is 0 Å². The van der Waals surface area contributed by atoms with Crippen molar-refractivity contribution in [2.24, 2.45) is 0 Å². The summed E-state index contributed by atoms with van der Waals surface area (Å²) in [7, 11) is 3.05. The third kappa shape index (κ3) is 4.02. The fourth-order valence-corrected chi connectivity index (χ4v) is 2.55. The lowest BCUT2D eigenvalue weighted by atomic mass is 10.1. The van der Waals surface area contributed by atoms with E-state index in [0.717, 1.165) is 5.56 Å². The zero-order valence-electron chi connectivity index (χ0n) is 12.7. The second kappa shape index (κ2) is 7.65. The van der Waals surface area contributed by atoms with Crippen LogP contribution in [0.15, 0.2) is 40.9 Å². The minimum absolute atomic E-state index is 0.276. The van der Waals surface area contributed by atoms with Crippen molar-refractivity contribution < 1.29 is 14.3 Å². The number of nitriles is 1. The number of halogens is 1. The Hall–Kier alpha value is -2.52. The number of carbonyl (C=O) groups excluding carboxylic acids is 1. The molecule has 0 heterocycles.